The predicted octanol–water partition coefficient (Wildman–Crippen LogP) is 2.83. The maximum Gasteiger partial charge on any atom is 0.263 e. The molecule has 4 rings (SSSR count). The molecule has 1 aliphatic heterocycles. The van der Waals surface area contributed by atoms with Crippen LogP contribution in [0.1, 0.15) is 11.8 Å². The van der Waals surface area contributed by atoms with Crippen LogP contribution in [0, 0.1) is 17.7 Å². The van der Waals surface area contributed by atoms with E-state index in [1.165, 1.54) is 36.4 Å². The highest BCUT2D eigenvalue weighted by Gasteiger charge is 2.41. The summed E-state index contributed by atoms with van der Waals surface area (Å²) in [5, 5.41) is 9.16. The Balaban J connectivity index is 1.82. The van der Waals surface area contributed by atoms with Gasteiger partial charge in [-0.15, -0.1) is 11.3 Å². The van der Waals surface area contributed by atoms with E-state index < -0.39 is 17.0 Å². The number of likely N-dealkylation sites (tertiary alicyclic amines) is 1. The van der Waals surface area contributed by atoms with Crippen molar-refractivity contribution in [1.82, 2.24) is 14.5 Å². The highest BCUT2D eigenvalue weighted by molar-refractivity contribution is 7.19. The Morgan fingerprint density at radius 1 is 1.42 bits per heavy atom. The molecule has 0 bridgehead atoms. The number of aliphatic hydroxyl groups is 1. The number of nitrogens with zero attached hydrogens (tertiary/aromatic N) is 3. The summed E-state index contributed by atoms with van der Waals surface area (Å²) in [4.78, 5) is 32.1. The van der Waals surface area contributed by atoms with Gasteiger partial charge in [0.25, 0.3) is 5.56 Å². The first-order valence-corrected chi connectivity index (χ1v) is 10.4. The lowest BCUT2D eigenvalue weighted by Crippen LogP contribution is -2.60. The van der Waals surface area contributed by atoms with Crippen molar-refractivity contribution in [3.8, 4) is 23.0 Å². The van der Waals surface area contributed by atoms with Crippen molar-refractivity contribution in [3.05, 3.63) is 50.6 Å². The first-order valence-electron chi connectivity index (χ1n) is 9.24. The number of hydrogen-bond acceptors (Lipinski definition) is 5. The fourth-order valence-corrected chi connectivity index (χ4v) is 4.66. The van der Waals surface area contributed by atoms with E-state index >= 15 is 0 Å². The van der Waals surface area contributed by atoms with Gasteiger partial charge in [-0.1, -0.05) is 29.5 Å². The number of hydrogen-bond donors (Lipinski definition) is 1. The van der Waals surface area contributed by atoms with Crippen LogP contribution in [0.5, 0.6) is 0 Å². The average molecular weight is 464 g/mol. The predicted molar refractivity (Wildman–Crippen MR) is 114 cm³/mol. The van der Waals surface area contributed by atoms with E-state index in [0.717, 1.165) is 15.9 Å². The number of carbonyl (C=O) groups excluding carboxylic acids is 1. The first-order chi connectivity index (χ1) is 14.7. The summed E-state index contributed by atoms with van der Waals surface area (Å²) >= 11 is 7.07. The lowest BCUT2D eigenvalue weighted by atomic mass is 9.99. The van der Waals surface area contributed by atoms with Crippen molar-refractivity contribution in [2.24, 2.45) is 0 Å². The molecule has 0 aliphatic carbocycles. The summed E-state index contributed by atoms with van der Waals surface area (Å²) in [5.74, 6) is 4.34. The fourth-order valence-electron chi connectivity index (χ4n) is 3.45. The van der Waals surface area contributed by atoms with Crippen LogP contribution in [0.15, 0.2) is 29.3 Å². The molecule has 1 N–H and O–H groups in total. The van der Waals surface area contributed by atoms with E-state index in [2.05, 4.69) is 16.8 Å². The molecule has 0 saturated carbocycles. The zero-order valence-electron chi connectivity index (χ0n) is 16.3. The van der Waals surface area contributed by atoms with Crippen molar-refractivity contribution in [2.45, 2.75) is 19.1 Å². The number of aliphatic hydroxyl groups excluding tert-OH is 1. The summed E-state index contributed by atoms with van der Waals surface area (Å²) in [6.45, 7) is 0.711. The largest absolute Gasteiger partial charge is 0.384 e. The van der Waals surface area contributed by atoms with Crippen LogP contribution in [-0.2, 0) is 11.3 Å². The molecule has 0 radical (unpaired) electrons. The Bertz CT molecular complexity index is 1320. The molecule has 0 unspecified atom stereocenters. The highest BCUT2D eigenvalue weighted by Crippen LogP contribution is 2.37. The van der Waals surface area contributed by atoms with Gasteiger partial charge in [0.1, 0.15) is 29.5 Å². The summed E-state index contributed by atoms with van der Waals surface area (Å²) in [6.07, 6.45) is 1.26. The molecule has 0 spiro atoms. The molecule has 1 aliphatic rings. The summed E-state index contributed by atoms with van der Waals surface area (Å²) in [7, 11) is 0. The summed E-state index contributed by atoms with van der Waals surface area (Å²) in [5.41, 5.74) is -1.03. The maximum atomic E-state index is 13.7. The number of fused-ring (bicyclic) bond motifs is 1. The van der Waals surface area contributed by atoms with Crippen LogP contribution in [-0.4, -0.2) is 50.8 Å². The molecular formula is C21H16ClF2N3O3S. The third kappa shape index (κ3) is 4.06. The Hall–Kier alpha value is -2.80. The van der Waals surface area contributed by atoms with Crippen LogP contribution < -0.4 is 5.56 Å². The summed E-state index contributed by atoms with van der Waals surface area (Å²) in [6, 6.07) is 4.03. The zero-order valence-corrected chi connectivity index (χ0v) is 17.9. The second-order valence-corrected chi connectivity index (χ2v) is 8.82. The van der Waals surface area contributed by atoms with E-state index in [9.17, 15) is 18.4 Å². The maximum absolute atomic E-state index is 13.7. The van der Waals surface area contributed by atoms with Crippen LogP contribution >= 0.6 is 22.9 Å². The highest BCUT2D eigenvalue weighted by atomic mass is 35.5. The van der Waals surface area contributed by atoms with E-state index in [0.29, 0.717) is 20.8 Å². The van der Waals surface area contributed by atoms with E-state index in [-0.39, 0.29) is 42.6 Å². The molecule has 3 heterocycles. The second-order valence-electron chi connectivity index (χ2n) is 7.42. The topological polar surface area (TPSA) is 75.4 Å². The number of aromatic nitrogens is 2. The standard InChI is InChI=1S/C21H16ClF2N3O3S/c1-21(24)9-27(10-21)16(29)8-26-11-25-19-18(20(26)30)17(15(31-19)3-2-6-28)12-4-5-14(23)13(22)7-12/h4-5,7,11,28H,6,8-10H2,1H3. The minimum atomic E-state index is -1.41. The van der Waals surface area contributed by atoms with E-state index in [4.69, 9.17) is 16.7 Å². The van der Waals surface area contributed by atoms with Gasteiger partial charge in [0.15, 0.2) is 0 Å². The molecule has 3 aromatic rings. The molecule has 10 heteroatoms. The number of carbonyl (C=O) groups is 1. The van der Waals surface area contributed by atoms with Crippen molar-refractivity contribution in [3.63, 3.8) is 0 Å². The Morgan fingerprint density at radius 3 is 2.81 bits per heavy atom. The molecule has 6 nitrogen and oxygen atoms in total. The van der Waals surface area contributed by atoms with Crippen molar-refractivity contribution >= 4 is 39.1 Å². The molecule has 160 valence electrons. The van der Waals surface area contributed by atoms with Gasteiger partial charge in [-0.05, 0) is 24.6 Å². The Kier molecular flexibility index (Phi) is 5.56. The van der Waals surface area contributed by atoms with Gasteiger partial charge in [-0.3, -0.25) is 14.2 Å². The van der Waals surface area contributed by atoms with E-state index in [1.54, 1.807) is 0 Å². The normalized spacial score (nSPS) is 14.8. The van der Waals surface area contributed by atoms with Gasteiger partial charge < -0.3 is 10.0 Å². The number of amides is 1. The fraction of sp³-hybridized carbons (Fsp3) is 0.286. The molecule has 0 atom stereocenters. The van der Waals surface area contributed by atoms with Crippen molar-refractivity contribution < 1.29 is 18.7 Å². The van der Waals surface area contributed by atoms with Crippen molar-refractivity contribution in [2.75, 3.05) is 19.7 Å². The molecule has 2 aromatic heterocycles. The van der Waals surface area contributed by atoms with Gasteiger partial charge in [-0.2, -0.15) is 0 Å². The number of halogens is 3. The second kappa shape index (κ2) is 8.04. The Morgan fingerprint density at radius 2 is 2.16 bits per heavy atom. The summed E-state index contributed by atoms with van der Waals surface area (Å²) < 4.78 is 28.5. The van der Waals surface area contributed by atoms with Crippen LogP contribution in [0.2, 0.25) is 5.02 Å². The average Bonchev–Trinajstić information content (AvgIpc) is 3.07. The van der Waals surface area contributed by atoms with Gasteiger partial charge in [0.05, 0.1) is 34.7 Å². The van der Waals surface area contributed by atoms with Gasteiger partial charge >= 0.3 is 0 Å². The van der Waals surface area contributed by atoms with E-state index in [1.807, 2.05) is 0 Å². The molecule has 1 fully saturated rings. The molecule has 1 saturated heterocycles. The molecular weight excluding hydrogens is 448 g/mol. The monoisotopic (exact) mass is 463 g/mol. The third-order valence-corrected chi connectivity index (χ3v) is 6.17. The lowest BCUT2D eigenvalue weighted by molar-refractivity contribution is -0.144. The SMILES string of the molecule is CC1(F)CN(C(=O)Cn2cnc3sc(C#CCO)c(-c4ccc(F)c(Cl)c4)c3c2=O)C1. The number of thiophene rings is 1. The van der Waals surface area contributed by atoms with Crippen molar-refractivity contribution in [1.29, 1.82) is 0 Å². The van der Waals surface area contributed by atoms with Crippen LogP contribution in [0.4, 0.5) is 8.78 Å². The molecule has 1 aromatic carbocycles. The van der Waals surface area contributed by atoms with Gasteiger partial charge in [0.2, 0.25) is 5.91 Å². The molecule has 1 amide bonds. The van der Waals surface area contributed by atoms with Gasteiger partial charge in [0, 0.05) is 5.56 Å². The van der Waals surface area contributed by atoms with Crippen LogP contribution in [0.25, 0.3) is 21.3 Å². The minimum absolute atomic E-state index is 0.0189. The lowest BCUT2D eigenvalue weighted by Gasteiger charge is -2.42. The smallest absolute Gasteiger partial charge is 0.263 e. The third-order valence-electron chi connectivity index (χ3n) is 4.87. The molecule has 31 heavy (non-hydrogen) atoms. The number of rotatable bonds is 3. The van der Waals surface area contributed by atoms with Gasteiger partial charge in [-0.25, -0.2) is 13.8 Å². The minimum Gasteiger partial charge on any atom is -0.384 e. The number of alkyl halides is 1. The number of benzene rings is 1. The quantitative estimate of drug-likeness (QED) is 0.606. The zero-order chi connectivity index (χ0) is 22.3. The Labute approximate surface area is 184 Å². The first kappa shape index (κ1) is 21.4. The van der Waals surface area contributed by atoms with Crippen LogP contribution in [0.3, 0.4) is 0 Å².